The first-order chi connectivity index (χ1) is 5.58. The lowest BCUT2D eigenvalue weighted by atomic mass is 9.82. The summed E-state index contributed by atoms with van der Waals surface area (Å²) in [6.07, 6.45) is 0.488. The molecule has 1 fully saturated rings. The van der Waals surface area contributed by atoms with Crippen molar-refractivity contribution in [2.24, 2.45) is 11.8 Å². The number of hydrogen-bond donors (Lipinski definition) is 0. The van der Waals surface area contributed by atoms with E-state index in [9.17, 15) is 8.78 Å². The van der Waals surface area contributed by atoms with Gasteiger partial charge in [0.05, 0.1) is 0 Å². The molecule has 0 aliphatic heterocycles. The summed E-state index contributed by atoms with van der Waals surface area (Å²) in [5, 5.41) is 0. The van der Waals surface area contributed by atoms with Crippen LogP contribution in [0.15, 0.2) is 0 Å². The maximum Gasteiger partial charge on any atom is 0.103 e. The summed E-state index contributed by atoms with van der Waals surface area (Å²) in [5.41, 5.74) is 0. The van der Waals surface area contributed by atoms with Crippen LogP contribution in [0.5, 0.6) is 0 Å². The molecule has 0 aromatic heterocycles. The first-order valence-electron chi connectivity index (χ1n) is 4.86. The molecule has 0 aromatic rings. The summed E-state index contributed by atoms with van der Waals surface area (Å²) < 4.78 is 25.8. The molecular weight excluding hydrogens is 158 g/mol. The molecule has 1 aliphatic rings. The lowest BCUT2D eigenvalue weighted by molar-refractivity contribution is 0.106. The fraction of sp³-hybridized carbons (Fsp3) is 1.00. The first-order valence-corrected chi connectivity index (χ1v) is 4.86. The molecule has 1 rings (SSSR count). The van der Waals surface area contributed by atoms with Gasteiger partial charge in [0.25, 0.3) is 0 Å². The Balaban J connectivity index is 2.34. The largest absolute Gasteiger partial charge is 0.247 e. The SMILES string of the molecule is CC(C)CC1CC(F)CC(F)C1. The molecule has 0 saturated heterocycles. The van der Waals surface area contributed by atoms with E-state index in [1.54, 1.807) is 0 Å². The average molecular weight is 176 g/mol. The van der Waals surface area contributed by atoms with E-state index in [1.165, 1.54) is 0 Å². The second kappa shape index (κ2) is 4.20. The normalized spacial score (nSPS) is 37.2. The van der Waals surface area contributed by atoms with Gasteiger partial charge in [0.15, 0.2) is 0 Å². The van der Waals surface area contributed by atoms with E-state index in [0.717, 1.165) is 6.42 Å². The van der Waals surface area contributed by atoms with E-state index >= 15 is 0 Å². The molecule has 0 N–H and O–H groups in total. The highest BCUT2D eigenvalue weighted by molar-refractivity contribution is 4.79. The third-order valence-electron chi connectivity index (χ3n) is 2.49. The molecule has 0 radical (unpaired) electrons. The quantitative estimate of drug-likeness (QED) is 0.604. The number of halogens is 2. The third kappa shape index (κ3) is 3.08. The predicted octanol–water partition coefficient (Wildman–Crippen LogP) is 3.51. The van der Waals surface area contributed by atoms with Crippen molar-refractivity contribution in [3.8, 4) is 0 Å². The highest BCUT2D eigenvalue weighted by atomic mass is 19.1. The van der Waals surface area contributed by atoms with Crippen molar-refractivity contribution in [1.29, 1.82) is 0 Å². The van der Waals surface area contributed by atoms with Crippen LogP contribution in [0.1, 0.15) is 39.5 Å². The molecule has 0 bridgehead atoms. The van der Waals surface area contributed by atoms with Crippen molar-refractivity contribution >= 4 is 0 Å². The molecule has 2 atom stereocenters. The van der Waals surface area contributed by atoms with Crippen LogP contribution in [0.3, 0.4) is 0 Å². The smallest absolute Gasteiger partial charge is 0.103 e. The molecule has 2 unspecified atom stereocenters. The summed E-state index contributed by atoms with van der Waals surface area (Å²) in [4.78, 5) is 0. The van der Waals surface area contributed by atoms with Gasteiger partial charge >= 0.3 is 0 Å². The van der Waals surface area contributed by atoms with Gasteiger partial charge in [-0.05, 0) is 31.1 Å². The Morgan fingerprint density at radius 1 is 1.08 bits per heavy atom. The minimum atomic E-state index is -0.891. The van der Waals surface area contributed by atoms with Crippen LogP contribution in [0.25, 0.3) is 0 Å². The van der Waals surface area contributed by atoms with Gasteiger partial charge in [-0.3, -0.25) is 0 Å². The van der Waals surface area contributed by atoms with Gasteiger partial charge in [0.2, 0.25) is 0 Å². The van der Waals surface area contributed by atoms with E-state index in [4.69, 9.17) is 0 Å². The second-order valence-electron chi connectivity index (χ2n) is 4.40. The monoisotopic (exact) mass is 176 g/mol. The van der Waals surface area contributed by atoms with Crippen LogP contribution >= 0.6 is 0 Å². The summed E-state index contributed by atoms with van der Waals surface area (Å²) in [6, 6.07) is 0. The topological polar surface area (TPSA) is 0 Å². The summed E-state index contributed by atoms with van der Waals surface area (Å²) in [5.74, 6) is 0.844. The van der Waals surface area contributed by atoms with Crippen molar-refractivity contribution in [1.82, 2.24) is 0 Å². The Morgan fingerprint density at radius 2 is 1.58 bits per heavy atom. The molecule has 1 saturated carbocycles. The second-order valence-corrected chi connectivity index (χ2v) is 4.40. The standard InChI is InChI=1S/C10H18F2/c1-7(2)3-8-4-9(11)6-10(12)5-8/h7-10H,3-6H2,1-2H3. The van der Waals surface area contributed by atoms with Gasteiger partial charge in [0.1, 0.15) is 12.3 Å². The highest BCUT2D eigenvalue weighted by Gasteiger charge is 2.28. The highest BCUT2D eigenvalue weighted by Crippen LogP contribution is 2.32. The zero-order chi connectivity index (χ0) is 9.14. The van der Waals surface area contributed by atoms with Crippen LogP contribution in [0, 0.1) is 11.8 Å². The Bertz CT molecular complexity index is 121. The minimum absolute atomic E-state index is 0.134. The molecule has 12 heavy (non-hydrogen) atoms. The van der Waals surface area contributed by atoms with Gasteiger partial charge in [-0.15, -0.1) is 0 Å². The van der Waals surface area contributed by atoms with Crippen LogP contribution < -0.4 is 0 Å². The molecule has 72 valence electrons. The summed E-state index contributed by atoms with van der Waals surface area (Å²) in [6.45, 7) is 4.21. The minimum Gasteiger partial charge on any atom is -0.247 e. The van der Waals surface area contributed by atoms with Crippen molar-refractivity contribution in [2.45, 2.75) is 51.9 Å². The summed E-state index contributed by atoms with van der Waals surface area (Å²) in [7, 11) is 0. The molecule has 2 heteroatoms. The fourth-order valence-electron chi connectivity index (χ4n) is 2.15. The zero-order valence-corrected chi connectivity index (χ0v) is 7.89. The maximum atomic E-state index is 12.9. The molecule has 0 heterocycles. The first kappa shape index (κ1) is 9.94. The Hall–Kier alpha value is -0.140. The van der Waals surface area contributed by atoms with Gasteiger partial charge in [-0.2, -0.15) is 0 Å². The lowest BCUT2D eigenvalue weighted by Crippen LogP contribution is -2.25. The third-order valence-corrected chi connectivity index (χ3v) is 2.49. The zero-order valence-electron chi connectivity index (χ0n) is 7.89. The van der Waals surface area contributed by atoms with Crippen LogP contribution in [-0.4, -0.2) is 12.3 Å². The molecular formula is C10H18F2. The van der Waals surface area contributed by atoms with E-state index in [-0.39, 0.29) is 12.3 Å². The molecule has 0 amide bonds. The summed E-state index contributed by atoms with van der Waals surface area (Å²) >= 11 is 0. The Kier molecular flexibility index (Phi) is 3.48. The van der Waals surface area contributed by atoms with Crippen LogP contribution in [0.2, 0.25) is 0 Å². The predicted molar refractivity (Wildman–Crippen MR) is 46.6 cm³/mol. The Labute approximate surface area is 73.3 Å². The fourth-order valence-corrected chi connectivity index (χ4v) is 2.15. The van der Waals surface area contributed by atoms with Crippen LogP contribution in [-0.2, 0) is 0 Å². The van der Waals surface area contributed by atoms with Crippen LogP contribution in [0.4, 0.5) is 8.78 Å². The van der Waals surface area contributed by atoms with E-state index < -0.39 is 12.3 Å². The van der Waals surface area contributed by atoms with Crippen molar-refractivity contribution in [3.05, 3.63) is 0 Å². The van der Waals surface area contributed by atoms with Gasteiger partial charge in [-0.1, -0.05) is 13.8 Å². The molecule has 0 aromatic carbocycles. The van der Waals surface area contributed by atoms with Gasteiger partial charge in [0, 0.05) is 6.42 Å². The molecule has 1 aliphatic carbocycles. The number of rotatable bonds is 2. The maximum absolute atomic E-state index is 12.9. The molecule has 0 spiro atoms. The van der Waals surface area contributed by atoms with Crippen molar-refractivity contribution in [2.75, 3.05) is 0 Å². The van der Waals surface area contributed by atoms with Gasteiger partial charge < -0.3 is 0 Å². The Morgan fingerprint density at radius 3 is 2.00 bits per heavy atom. The number of alkyl halides is 2. The van der Waals surface area contributed by atoms with Crippen molar-refractivity contribution in [3.63, 3.8) is 0 Å². The van der Waals surface area contributed by atoms with E-state index in [2.05, 4.69) is 13.8 Å². The average Bonchev–Trinajstić information content (AvgIpc) is 1.81. The van der Waals surface area contributed by atoms with E-state index in [0.29, 0.717) is 18.8 Å². The van der Waals surface area contributed by atoms with Crippen molar-refractivity contribution < 1.29 is 8.78 Å². The number of hydrogen-bond acceptors (Lipinski definition) is 0. The lowest BCUT2D eigenvalue weighted by Gasteiger charge is -2.28. The molecule has 0 nitrogen and oxygen atoms in total. The van der Waals surface area contributed by atoms with E-state index in [1.807, 2.05) is 0 Å². The van der Waals surface area contributed by atoms with Gasteiger partial charge in [-0.25, -0.2) is 8.78 Å².